The van der Waals surface area contributed by atoms with Crippen LogP contribution in [-0.4, -0.2) is 12.2 Å². The molecule has 0 fully saturated rings. The number of rotatable bonds is 4. The topological polar surface area (TPSA) is 52.3 Å². The van der Waals surface area contributed by atoms with Gasteiger partial charge in [0.2, 0.25) is 0 Å². The average Bonchev–Trinajstić information content (AvgIpc) is 2.02. The summed E-state index contributed by atoms with van der Waals surface area (Å²) in [5, 5.41) is 0. The van der Waals surface area contributed by atoms with E-state index in [4.69, 9.17) is 10.5 Å². The van der Waals surface area contributed by atoms with Crippen LogP contribution in [0.4, 0.5) is 0 Å². The molecule has 1 unspecified atom stereocenters. The Kier molecular flexibility index (Phi) is 4.54. The number of ether oxygens (including phenoxy) is 1. The lowest BCUT2D eigenvalue weighted by Gasteiger charge is -2.10. The Bertz CT molecular complexity index is 154. The van der Waals surface area contributed by atoms with Gasteiger partial charge >= 0.3 is 5.97 Å². The van der Waals surface area contributed by atoms with Crippen molar-refractivity contribution in [2.24, 2.45) is 5.73 Å². The molecule has 3 heteroatoms. The van der Waals surface area contributed by atoms with Gasteiger partial charge in [-0.05, 0) is 12.8 Å². The first-order valence-corrected chi connectivity index (χ1v) is 3.76. The summed E-state index contributed by atoms with van der Waals surface area (Å²) in [5.74, 6) is -0.387. The van der Waals surface area contributed by atoms with E-state index < -0.39 is 6.23 Å². The molecule has 0 heterocycles. The molecule has 0 amide bonds. The van der Waals surface area contributed by atoms with E-state index in [1.807, 2.05) is 13.8 Å². The fourth-order valence-corrected chi connectivity index (χ4v) is 0.448. The zero-order chi connectivity index (χ0) is 8.85. The van der Waals surface area contributed by atoms with Crippen LogP contribution in [0, 0.1) is 0 Å². The van der Waals surface area contributed by atoms with E-state index >= 15 is 0 Å². The molecule has 3 nitrogen and oxygen atoms in total. The van der Waals surface area contributed by atoms with Crippen LogP contribution in [0.3, 0.4) is 0 Å². The number of carbonyl (C=O) groups is 1. The van der Waals surface area contributed by atoms with Gasteiger partial charge in [0.05, 0.1) is 0 Å². The number of hydrogen-bond acceptors (Lipinski definition) is 3. The lowest BCUT2D eigenvalue weighted by atomic mass is 10.2. The molecule has 0 spiro atoms. The molecule has 0 aromatic rings. The van der Waals surface area contributed by atoms with Crippen LogP contribution < -0.4 is 5.73 Å². The lowest BCUT2D eigenvalue weighted by molar-refractivity contribution is -0.144. The van der Waals surface area contributed by atoms with Crippen molar-refractivity contribution in [1.82, 2.24) is 0 Å². The van der Waals surface area contributed by atoms with Crippen molar-refractivity contribution >= 4 is 5.97 Å². The van der Waals surface area contributed by atoms with Gasteiger partial charge in [0.25, 0.3) is 0 Å². The molecule has 0 radical (unpaired) electrons. The van der Waals surface area contributed by atoms with Gasteiger partial charge in [-0.25, -0.2) is 4.79 Å². The smallest absolute Gasteiger partial charge is 0.334 e. The first kappa shape index (κ1) is 10.2. The van der Waals surface area contributed by atoms with E-state index in [0.29, 0.717) is 18.4 Å². The molecule has 2 N–H and O–H groups in total. The maximum Gasteiger partial charge on any atom is 0.334 e. The normalized spacial score (nSPS) is 12.3. The maximum atomic E-state index is 10.9. The third-order valence-electron chi connectivity index (χ3n) is 1.38. The molecule has 0 saturated heterocycles. The SMILES string of the molecule is C=C(CC)C(=O)OC(N)CC. The third-order valence-corrected chi connectivity index (χ3v) is 1.38. The van der Waals surface area contributed by atoms with Crippen LogP contribution >= 0.6 is 0 Å². The molecule has 64 valence electrons. The highest BCUT2D eigenvalue weighted by Gasteiger charge is 2.09. The Morgan fingerprint density at radius 3 is 2.55 bits per heavy atom. The van der Waals surface area contributed by atoms with Gasteiger partial charge < -0.3 is 4.74 Å². The molecule has 0 aliphatic carbocycles. The highest BCUT2D eigenvalue weighted by atomic mass is 16.6. The fourth-order valence-electron chi connectivity index (χ4n) is 0.448. The van der Waals surface area contributed by atoms with Gasteiger partial charge in [0.15, 0.2) is 6.23 Å². The molecule has 0 saturated carbocycles. The molecule has 0 aliphatic heterocycles. The summed E-state index contributed by atoms with van der Waals surface area (Å²) in [7, 11) is 0. The minimum Gasteiger partial charge on any atom is -0.443 e. The van der Waals surface area contributed by atoms with Crippen molar-refractivity contribution in [2.75, 3.05) is 0 Å². The number of carbonyl (C=O) groups excluding carboxylic acids is 1. The predicted octanol–water partition coefficient (Wildman–Crippen LogP) is 1.19. The quantitative estimate of drug-likeness (QED) is 0.379. The van der Waals surface area contributed by atoms with Crippen molar-refractivity contribution in [3.8, 4) is 0 Å². The maximum absolute atomic E-state index is 10.9. The molecule has 0 rings (SSSR count). The number of nitrogens with two attached hydrogens (primary N) is 1. The Morgan fingerprint density at radius 2 is 2.18 bits per heavy atom. The molecular weight excluding hydrogens is 142 g/mol. The van der Waals surface area contributed by atoms with Crippen LogP contribution in [0.2, 0.25) is 0 Å². The van der Waals surface area contributed by atoms with Crippen molar-refractivity contribution in [3.05, 3.63) is 12.2 Å². The minimum atomic E-state index is -0.495. The van der Waals surface area contributed by atoms with Crippen LogP contribution in [0.15, 0.2) is 12.2 Å². The molecule has 0 bridgehead atoms. The van der Waals surface area contributed by atoms with Gasteiger partial charge in [-0.1, -0.05) is 20.4 Å². The van der Waals surface area contributed by atoms with E-state index in [1.165, 1.54) is 0 Å². The second-order valence-corrected chi connectivity index (χ2v) is 2.31. The van der Waals surface area contributed by atoms with Crippen LogP contribution in [0.5, 0.6) is 0 Å². The molecular formula is C8H15NO2. The summed E-state index contributed by atoms with van der Waals surface area (Å²) >= 11 is 0. The zero-order valence-corrected chi connectivity index (χ0v) is 7.09. The lowest BCUT2D eigenvalue weighted by Crippen LogP contribution is -2.26. The summed E-state index contributed by atoms with van der Waals surface area (Å²) in [5.41, 5.74) is 5.85. The molecule has 1 atom stereocenters. The standard InChI is InChI=1S/C8H15NO2/c1-4-6(3)8(10)11-7(9)5-2/h7H,3-5,9H2,1-2H3. The van der Waals surface area contributed by atoms with Crippen LogP contribution in [-0.2, 0) is 9.53 Å². The Labute approximate surface area is 67.2 Å². The van der Waals surface area contributed by atoms with E-state index in [-0.39, 0.29) is 5.97 Å². The molecule has 11 heavy (non-hydrogen) atoms. The average molecular weight is 157 g/mol. The van der Waals surface area contributed by atoms with Crippen molar-refractivity contribution < 1.29 is 9.53 Å². The van der Waals surface area contributed by atoms with Gasteiger partial charge in [0.1, 0.15) is 0 Å². The second-order valence-electron chi connectivity index (χ2n) is 2.31. The summed E-state index contributed by atoms with van der Waals surface area (Å²) in [6, 6.07) is 0. The van der Waals surface area contributed by atoms with Crippen LogP contribution in [0.1, 0.15) is 26.7 Å². The van der Waals surface area contributed by atoms with E-state index in [1.54, 1.807) is 0 Å². The van der Waals surface area contributed by atoms with Gasteiger partial charge in [-0.15, -0.1) is 0 Å². The first-order valence-electron chi connectivity index (χ1n) is 3.76. The van der Waals surface area contributed by atoms with E-state index in [0.717, 1.165) is 0 Å². The Hall–Kier alpha value is -0.830. The third kappa shape index (κ3) is 3.78. The number of esters is 1. The van der Waals surface area contributed by atoms with E-state index in [2.05, 4.69) is 6.58 Å². The predicted molar refractivity (Wildman–Crippen MR) is 43.8 cm³/mol. The zero-order valence-electron chi connectivity index (χ0n) is 7.09. The van der Waals surface area contributed by atoms with E-state index in [9.17, 15) is 4.79 Å². The summed E-state index contributed by atoms with van der Waals surface area (Å²) < 4.78 is 4.79. The van der Waals surface area contributed by atoms with Crippen molar-refractivity contribution in [1.29, 1.82) is 0 Å². The second kappa shape index (κ2) is 4.91. The molecule has 0 aliphatic rings. The first-order chi connectivity index (χ1) is 5.11. The van der Waals surface area contributed by atoms with Crippen molar-refractivity contribution in [2.45, 2.75) is 32.9 Å². The van der Waals surface area contributed by atoms with Gasteiger partial charge in [0, 0.05) is 5.57 Å². The molecule has 0 aromatic carbocycles. The van der Waals surface area contributed by atoms with Crippen molar-refractivity contribution in [3.63, 3.8) is 0 Å². The Balaban J connectivity index is 3.77. The summed E-state index contributed by atoms with van der Waals surface area (Å²) in [6.45, 7) is 7.23. The van der Waals surface area contributed by atoms with Gasteiger partial charge in [-0.3, -0.25) is 5.73 Å². The minimum absolute atomic E-state index is 0.387. The Morgan fingerprint density at radius 1 is 1.64 bits per heavy atom. The highest BCUT2D eigenvalue weighted by molar-refractivity contribution is 5.87. The number of hydrogen-bond donors (Lipinski definition) is 1. The fraction of sp³-hybridized carbons (Fsp3) is 0.625. The summed E-state index contributed by atoms with van der Waals surface area (Å²) in [6.07, 6.45) is 0.739. The van der Waals surface area contributed by atoms with Gasteiger partial charge in [-0.2, -0.15) is 0 Å². The highest BCUT2D eigenvalue weighted by Crippen LogP contribution is 2.01. The molecule has 0 aromatic heterocycles. The summed E-state index contributed by atoms with van der Waals surface area (Å²) in [4.78, 5) is 10.9. The largest absolute Gasteiger partial charge is 0.443 e. The van der Waals surface area contributed by atoms with Crippen LogP contribution in [0.25, 0.3) is 0 Å². The monoisotopic (exact) mass is 157 g/mol.